The van der Waals surface area contributed by atoms with Gasteiger partial charge in [-0.2, -0.15) is 0 Å². The topological polar surface area (TPSA) is 72.5 Å². The molecule has 0 rings (SSSR count). The summed E-state index contributed by atoms with van der Waals surface area (Å²) in [6.45, 7) is 8.26. The van der Waals surface area contributed by atoms with Crippen molar-refractivity contribution in [1.29, 1.82) is 0 Å². The van der Waals surface area contributed by atoms with E-state index in [4.69, 9.17) is 0 Å². The fourth-order valence-corrected chi connectivity index (χ4v) is 1.09. The van der Waals surface area contributed by atoms with Gasteiger partial charge in [0.25, 0.3) is 11.0 Å². The first-order valence-corrected chi connectivity index (χ1v) is 5.09. The van der Waals surface area contributed by atoms with Gasteiger partial charge in [-0.1, -0.05) is 6.58 Å². The van der Waals surface area contributed by atoms with Gasteiger partial charge < -0.3 is 5.32 Å². The van der Waals surface area contributed by atoms with Gasteiger partial charge in [0.1, 0.15) is 0 Å². The highest BCUT2D eigenvalue weighted by atomic mass is 32.2. The maximum Gasteiger partial charge on any atom is 0.257 e. The Balaban J connectivity index is 4.19. The summed E-state index contributed by atoms with van der Waals surface area (Å²) in [6, 6.07) is 0. The van der Waals surface area contributed by atoms with Crippen molar-refractivity contribution in [2.45, 2.75) is 26.3 Å². The van der Waals surface area contributed by atoms with E-state index in [0.29, 0.717) is 5.57 Å². The molecule has 0 atom stereocenters. The lowest BCUT2D eigenvalue weighted by Crippen LogP contribution is -2.47. The van der Waals surface area contributed by atoms with E-state index in [-0.39, 0.29) is 12.5 Å². The molecule has 0 aliphatic heterocycles. The van der Waals surface area contributed by atoms with Crippen molar-refractivity contribution in [1.82, 2.24) is 5.32 Å². The summed E-state index contributed by atoms with van der Waals surface area (Å²) < 4.78 is 24.7. The Bertz CT molecular complexity index is 298. The summed E-state index contributed by atoms with van der Waals surface area (Å²) in [7, 11) is -2.88. The molecule has 0 saturated carbocycles. The molecule has 0 aliphatic rings. The highest BCUT2D eigenvalue weighted by molar-refractivity contribution is 7.67. The maximum absolute atomic E-state index is 11.2. The van der Waals surface area contributed by atoms with E-state index >= 15 is 0 Å². The number of nitrogens with one attached hydrogen (secondary N) is 1. The molecule has 6 heteroatoms. The second-order valence-corrected chi connectivity index (χ2v) is 4.32. The first kappa shape index (κ1) is 13.1. The third-order valence-electron chi connectivity index (χ3n) is 1.37. The number of rotatable bonds is 5. The lowest BCUT2D eigenvalue weighted by Gasteiger charge is -2.24. The molecule has 14 heavy (non-hydrogen) atoms. The SMILES string of the molecule is C=C(C)C(=O)NC(C)(C)CO[SH](=O)=O. The zero-order valence-electron chi connectivity index (χ0n) is 8.49. The maximum atomic E-state index is 11.2. The first-order chi connectivity index (χ1) is 6.24. The molecule has 0 unspecified atom stereocenters. The smallest absolute Gasteiger partial charge is 0.257 e. The van der Waals surface area contributed by atoms with Crippen LogP contribution < -0.4 is 5.32 Å². The summed E-state index contributed by atoms with van der Waals surface area (Å²) in [6.07, 6.45) is 0. The van der Waals surface area contributed by atoms with E-state index in [1.165, 1.54) is 0 Å². The van der Waals surface area contributed by atoms with Crippen LogP contribution in [0.2, 0.25) is 0 Å². The second-order valence-electron chi connectivity index (χ2n) is 3.62. The number of amides is 1. The summed E-state index contributed by atoms with van der Waals surface area (Å²) in [5.41, 5.74) is -0.365. The van der Waals surface area contributed by atoms with Crippen LogP contribution in [0.15, 0.2) is 12.2 Å². The Morgan fingerprint density at radius 3 is 2.36 bits per heavy atom. The fraction of sp³-hybridized carbons (Fsp3) is 0.625. The van der Waals surface area contributed by atoms with Crippen LogP contribution in [0.5, 0.6) is 0 Å². The summed E-state index contributed by atoms with van der Waals surface area (Å²) in [5.74, 6) is -0.320. The van der Waals surface area contributed by atoms with Crippen LogP contribution in [0, 0.1) is 0 Å². The van der Waals surface area contributed by atoms with Gasteiger partial charge in [0, 0.05) is 5.57 Å². The van der Waals surface area contributed by atoms with E-state index in [1.807, 2.05) is 0 Å². The van der Waals surface area contributed by atoms with Crippen LogP contribution >= 0.6 is 0 Å². The van der Waals surface area contributed by atoms with E-state index in [0.717, 1.165) is 0 Å². The van der Waals surface area contributed by atoms with Crippen LogP contribution in [0.3, 0.4) is 0 Å². The van der Waals surface area contributed by atoms with Crippen molar-refractivity contribution in [3.05, 3.63) is 12.2 Å². The number of hydrogen-bond donors (Lipinski definition) is 2. The largest absolute Gasteiger partial charge is 0.345 e. The van der Waals surface area contributed by atoms with Crippen LogP contribution in [-0.2, 0) is 20.0 Å². The average Bonchev–Trinajstić information content (AvgIpc) is 2.00. The second kappa shape index (κ2) is 5.11. The predicted octanol–water partition coefficient (Wildman–Crippen LogP) is 0.000300. The Labute approximate surface area is 85.3 Å². The van der Waals surface area contributed by atoms with Gasteiger partial charge in [-0.05, 0) is 20.8 Å². The van der Waals surface area contributed by atoms with Gasteiger partial charge in [-0.3, -0.25) is 8.98 Å². The first-order valence-electron chi connectivity index (χ1n) is 4.00. The molecule has 1 N–H and O–H groups in total. The van der Waals surface area contributed by atoms with E-state index < -0.39 is 16.5 Å². The minimum atomic E-state index is -2.88. The molecular weight excluding hydrogens is 206 g/mol. The molecule has 0 spiro atoms. The Morgan fingerprint density at radius 2 is 2.00 bits per heavy atom. The number of hydrogen-bond acceptors (Lipinski definition) is 4. The van der Waals surface area contributed by atoms with Crippen molar-refractivity contribution >= 4 is 16.9 Å². The highest BCUT2D eigenvalue weighted by Crippen LogP contribution is 2.04. The number of thiol groups is 1. The summed E-state index contributed by atoms with van der Waals surface area (Å²) in [4.78, 5) is 11.2. The lowest BCUT2D eigenvalue weighted by molar-refractivity contribution is -0.119. The third kappa shape index (κ3) is 5.71. The molecule has 0 bridgehead atoms. The Kier molecular flexibility index (Phi) is 4.79. The monoisotopic (exact) mass is 221 g/mol. The molecule has 82 valence electrons. The van der Waals surface area contributed by atoms with Gasteiger partial charge in [0.2, 0.25) is 5.91 Å². The van der Waals surface area contributed by atoms with Crippen molar-refractivity contribution in [2.24, 2.45) is 0 Å². The van der Waals surface area contributed by atoms with Crippen LogP contribution in [0.25, 0.3) is 0 Å². The molecule has 0 aliphatic carbocycles. The van der Waals surface area contributed by atoms with Gasteiger partial charge in [0.05, 0.1) is 12.1 Å². The zero-order chi connectivity index (χ0) is 11.4. The molecule has 5 nitrogen and oxygen atoms in total. The van der Waals surface area contributed by atoms with Gasteiger partial charge in [-0.25, -0.2) is 8.42 Å². The van der Waals surface area contributed by atoms with E-state index in [1.54, 1.807) is 20.8 Å². The normalized spacial score (nSPS) is 11.4. The quantitative estimate of drug-likeness (QED) is 0.506. The van der Waals surface area contributed by atoms with Gasteiger partial charge in [0.15, 0.2) is 0 Å². The molecule has 0 heterocycles. The number of carbonyl (C=O) groups is 1. The minimum Gasteiger partial charge on any atom is -0.345 e. The molecular formula is C8H15NO4S. The van der Waals surface area contributed by atoms with E-state index in [2.05, 4.69) is 16.1 Å². The van der Waals surface area contributed by atoms with Gasteiger partial charge in [-0.15, -0.1) is 0 Å². The Hall–Kier alpha value is -0.880. The standard InChI is InChI=1S/C8H15NO4S/c1-6(2)7(10)9-8(3,4)5-13-14(11)12/h14H,1,5H2,2-4H3,(H,9,10). The molecule has 0 radical (unpaired) electrons. The Morgan fingerprint density at radius 1 is 1.50 bits per heavy atom. The molecule has 0 aromatic heterocycles. The predicted molar refractivity (Wildman–Crippen MR) is 53.3 cm³/mol. The zero-order valence-corrected chi connectivity index (χ0v) is 9.39. The van der Waals surface area contributed by atoms with Gasteiger partial charge >= 0.3 is 0 Å². The molecule has 0 saturated heterocycles. The molecule has 0 aromatic carbocycles. The summed E-state index contributed by atoms with van der Waals surface area (Å²) in [5, 5.41) is 2.58. The van der Waals surface area contributed by atoms with Crippen molar-refractivity contribution in [3.8, 4) is 0 Å². The van der Waals surface area contributed by atoms with E-state index in [9.17, 15) is 13.2 Å². The molecule has 1 amide bonds. The van der Waals surface area contributed by atoms with Crippen LogP contribution in [-0.4, -0.2) is 26.5 Å². The molecule has 0 fully saturated rings. The molecule has 0 aromatic rings. The number of carbonyl (C=O) groups excluding carboxylic acids is 1. The minimum absolute atomic E-state index is 0.0925. The van der Waals surface area contributed by atoms with Crippen molar-refractivity contribution in [2.75, 3.05) is 6.61 Å². The van der Waals surface area contributed by atoms with Crippen molar-refractivity contribution in [3.63, 3.8) is 0 Å². The fourth-order valence-electron chi connectivity index (χ4n) is 0.664. The average molecular weight is 221 g/mol. The van der Waals surface area contributed by atoms with Crippen LogP contribution in [0.1, 0.15) is 20.8 Å². The third-order valence-corrected chi connectivity index (χ3v) is 1.71. The summed E-state index contributed by atoms with van der Waals surface area (Å²) >= 11 is 0. The highest BCUT2D eigenvalue weighted by Gasteiger charge is 2.21. The van der Waals surface area contributed by atoms with Crippen LogP contribution in [0.4, 0.5) is 0 Å². The van der Waals surface area contributed by atoms with Crippen molar-refractivity contribution < 1.29 is 17.4 Å². The lowest BCUT2D eigenvalue weighted by atomic mass is 10.1.